The van der Waals surface area contributed by atoms with Crippen molar-refractivity contribution in [1.82, 2.24) is 19.7 Å². The van der Waals surface area contributed by atoms with Crippen molar-refractivity contribution in [2.45, 2.75) is 31.8 Å². The van der Waals surface area contributed by atoms with Crippen LogP contribution in [0.3, 0.4) is 0 Å². The summed E-state index contributed by atoms with van der Waals surface area (Å²) < 4.78 is 1.85. The first-order valence-corrected chi connectivity index (χ1v) is 12.4. The fourth-order valence-electron chi connectivity index (χ4n) is 4.36. The van der Waals surface area contributed by atoms with Crippen LogP contribution in [0.1, 0.15) is 38.5 Å². The highest BCUT2D eigenvalue weighted by molar-refractivity contribution is 7.15. The van der Waals surface area contributed by atoms with E-state index >= 15 is 0 Å². The van der Waals surface area contributed by atoms with E-state index in [1.807, 2.05) is 53.5 Å². The molecule has 0 saturated carbocycles. The van der Waals surface area contributed by atoms with E-state index in [4.69, 9.17) is 5.26 Å². The van der Waals surface area contributed by atoms with Gasteiger partial charge in [0.05, 0.1) is 30.1 Å². The second-order valence-corrected chi connectivity index (χ2v) is 10.1. The molecule has 1 atom stereocenters. The Balaban J connectivity index is 1.25. The fourth-order valence-corrected chi connectivity index (χ4v) is 5.43. The van der Waals surface area contributed by atoms with Gasteiger partial charge in [-0.2, -0.15) is 10.4 Å². The molecule has 1 aliphatic rings. The maximum Gasteiger partial charge on any atom is 0.257 e. The molecule has 1 N–H and O–H groups in total. The summed E-state index contributed by atoms with van der Waals surface area (Å²) in [7, 11) is 4.23. The molecule has 0 spiro atoms. The molecule has 2 aromatic heterocycles. The van der Waals surface area contributed by atoms with Gasteiger partial charge in [-0.05, 0) is 68.8 Å². The summed E-state index contributed by atoms with van der Waals surface area (Å²) in [5.41, 5.74) is 5.32. The van der Waals surface area contributed by atoms with Crippen molar-refractivity contribution in [3.8, 4) is 17.2 Å². The van der Waals surface area contributed by atoms with Crippen LogP contribution in [0, 0.1) is 11.3 Å². The highest BCUT2D eigenvalue weighted by Gasteiger charge is 2.24. The zero-order chi connectivity index (χ0) is 24.4. The molecule has 0 unspecified atom stereocenters. The zero-order valence-electron chi connectivity index (χ0n) is 19.7. The summed E-state index contributed by atoms with van der Waals surface area (Å²) in [5, 5.41) is 17.1. The molecule has 2 aromatic carbocycles. The number of hydrogen-bond acceptors (Lipinski definition) is 6. The Morgan fingerprint density at radius 2 is 2.06 bits per heavy atom. The normalized spacial score (nSPS) is 15.0. The van der Waals surface area contributed by atoms with Crippen LogP contribution < -0.4 is 5.32 Å². The lowest BCUT2D eigenvalue weighted by Gasteiger charge is -2.27. The monoisotopic (exact) mass is 482 g/mol. The van der Waals surface area contributed by atoms with Crippen LogP contribution in [-0.4, -0.2) is 45.7 Å². The Morgan fingerprint density at radius 1 is 1.23 bits per heavy atom. The van der Waals surface area contributed by atoms with E-state index in [0.29, 0.717) is 28.8 Å². The molecule has 7 nitrogen and oxygen atoms in total. The lowest BCUT2D eigenvalue weighted by atomic mass is 9.97. The minimum atomic E-state index is -0.152. The first-order chi connectivity index (χ1) is 17.0. The van der Waals surface area contributed by atoms with E-state index < -0.39 is 0 Å². The van der Waals surface area contributed by atoms with E-state index in [1.165, 1.54) is 4.88 Å². The van der Waals surface area contributed by atoms with Crippen LogP contribution in [-0.2, 0) is 19.4 Å². The molecule has 0 radical (unpaired) electrons. The minimum absolute atomic E-state index is 0.152. The molecule has 35 heavy (non-hydrogen) atoms. The number of fused-ring (bicyclic) bond motifs is 1. The van der Waals surface area contributed by atoms with E-state index in [2.05, 4.69) is 40.5 Å². The number of anilines is 1. The van der Waals surface area contributed by atoms with Crippen molar-refractivity contribution in [1.29, 1.82) is 5.26 Å². The summed E-state index contributed by atoms with van der Waals surface area (Å²) >= 11 is 1.59. The van der Waals surface area contributed by atoms with Gasteiger partial charge in [-0.25, -0.2) is 4.98 Å². The molecule has 5 rings (SSSR count). The third kappa shape index (κ3) is 5.16. The summed E-state index contributed by atoms with van der Waals surface area (Å²) in [6.45, 7) is 0.550. The quantitative estimate of drug-likeness (QED) is 0.434. The maximum absolute atomic E-state index is 12.9. The summed E-state index contributed by atoms with van der Waals surface area (Å²) in [4.78, 5) is 21.2. The number of benzene rings is 2. The van der Waals surface area contributed by atoms with Gasteiger partial charge in [-0.1, -0.05) is 24.3 Å². The van der Waals surface area contributed by atoms with Gasteiger partial charge in [-0.3, -0.25) is 14.8 Å². The molecule has 176 valence electrons. The second-order valence-electron chi connectivity index (χ2n) is 9.02. The number of aromatic nitrogens is 3. The lowest BCUT2D eigenvalue weighted by Crippen LogP contribution is -2.32. The molecule has 2 heterocycles. The van der Waals surface area contributed by atoms with Crippen LogP contribution in [0.25, 0.3) is 11.1 Å². The smallest absolute Gasteiger partial charge is 0.257 e. The Kier molecular flexibility index (Phi) is 6.45. The van der Waals surface area contributed by atoms with Gasteiger partial charge in [0.2, 0.25) is 0 Å². The molecule has 0 fully saturated rings. The molecular formula is C27H26N6OS. The van der Waals surface area contributed by atoms with E-state index in [9.17, 15) is 4.79 Å². The van der Waals surface area contributed by atoms with Crippen LogP contribution in [0.15, 0.2) is 60.9 Å². The van der Waals surface area contributed by atoms with E-state index in [-0.39, 0.29) is 5.91 Å². The van der Waals surface area contributed by atoms with Gasteiger partial charge in [0, 0.05) is 28.2 Å². The van der Waals surface area contributed by atoms with Crippen LogP contribution in [0.2, 0.25) is 0 Å². The number of nitriles is 1. The lowest BCUT2D eigenvalue weighted by molar-refractivity contribution is 0.102. The Morgan fingerprint density at radius 3 is 2.83 bits per heavy atom. The predicted molar refractivity (Wildman–Crippen MR) is 137 cm³/mol. The number of rotatable bonds is 6. The number of carbonyl (C=O) groups is 1. The highest BCUT2D eigenvalue weighted by atomic mass is 32.1. The predicted octanol–water partition coefficient (Wildman–Crippen LogP) is 4.60. The largest absolute Gasteiger partial charge is 0.306 e. The maximum atomic E-state index is 12.9. The topological polar surface area (TPSA) is 86.8 Å². The Bertz CT molecular complexity index is 1400. The Hall–Kier alpha value is -3.80. The van der Waals surface area contributed by atoms with Gasteiger partial charge >= 0.3 is 0 Å². The number of nitrogens with one attached hydrogen (secondary N) is 1. The van der Waals surface area contributed by atoms with Crippen LogP contribution in [0.4, 0.5) is 5.13 Å². The number of likely N-dealkylation sites (N-methyl/N-ethyl adjacent to an activating group) is 1. The fraction of sp³-hybridized carbons (Fsp3) is 0.259. The first-order valence-electron chi connectivity index (χ1n) is 11.6. The summed E-state index contributed by atoms with van der Waals surface area (Å²) in [5.74, 6) is -0.152. The highest BCUT2D eigenvalue weighted by Crippen LogP contribution is 2.31. The summed E-state index contributed by atoms with van der Waals surface area (Å²) in [6, 6.07) is 17.7. The number of thiazole rings is 1. The summed E-state index contributed by atoms with van der Waals surface area (Å²) in [6.07, 6.45) is 6.81. The van der Waals surface area contributed by atoms with Crippen LogP contribution in [0.5, 0.6) is 0 Å². The van der Waals surface area contributed by atoms with Gasteiger partial charge in [-0.15, -0.1) is 11.3 Å². The number of carbonyl (C=O) groups excluding carboxylic acids is 1. The standard InChI is InChI=1S/C27H26N6OS/c1-32(2)23-10-11-24-25(13-23)35-27(30-24)31-26(34)21-5-3-4-19(12-21)16-33-17-22(15-29-33)20-8-6-18(14-28)7-9-20/h3-9,12,15,17,23H,10-11,13,16H2,1-2H3,(H,30,31,34)/t23-/m0/s1. The minimum Gasteiger partial charge on any atom is -0.306 e. The molecule has 1 aliphatic carbocycles. The molecule has 1 amide bonds. The SMILES string of the molecule is CN(C)[C@H]1CCc2nc(NC(=O)c3cccc(Cn4cc(-c5ccc(C#N)cc5)cn4)c3)sc2C1. The molecular weight excluding hydrogens is 456 g/mol. The van der Waals surface area contributed by atoms with Gasteiger partial charge in [0.1, 0.15) is 0 Å². The Labute approximate surface area is 208 Å². The molecule has 0 bridgehead atoms. The third-order valence-electron chi connectivity index (χ3n) is 6.38. The molecule has 0 aliphatic heterocycles. The number of nitrogens with zero attached hydrogens (tertiary/aromatic N) is 5. The number of aryl methyl sites for hydroxylation is 1. The molecule has 8 heteroatoms. The van der Waals surface area contributed by atoms with Crippen molar-refractivity contribution < 1.29 is 4.79 Å². The van der Waals surface area contributed by atoms with Crippen molar-refractivity contribution in [3.63, 3.8) is 0 Å². The van der Waals surface area contributed by atoms with Gasteiger partial charge in [0.25, 0.3) is 5.91 Å². The third-order valence-corrected chi connectivity index (χ3v) is 7.41. The average molecular weight is 483 g/mol. The second kappa shape index (κ2) is 9.82. The van der Waals surface area contributed by atoms with E-state index in [0.717, 1.165) is 41.6 Å². The van der Waals surface area contributed by atoms with Crippen molar-refractivity contribution in [3.05, 3.63) is 88.2 Å². The van der Waals surface area contributed by atoms with Crippen molar-refractivity contribution in [2.75, 3.05) is 19.4 Å². The van der Waals surface area contributed by atoms with Crippen molar-refractivity contribution >= 4 is 22.4 Å². The number of hydrogen-bond donors (Lipinski definition) is 1. The molecule has 0 saturated heterocycles. The first kappa shape index (κ1) is 23.0. The van der Waals surface area contributed by atoms with Crippen LogP contribution >= 0.6 is 11.3 Å². The zero-order valence-corrected chi connectivity index (χ0v) is 20.5. The average Bonchev–Trinajstić information content (AvgIpc) is 3.50. The van der Waals surface area contributed by atoms with E-state index in [1.54, 1.807) is 23.5 Å². The number of amides is 1. The van der Waals surface area contributed by atoms with Gasteiger partial charge in [0.15, 0.2) is 5.13 Å². The van der Waals surface area contributed by atoms with Gasteiger partial charge < -0.3 is 4.90 Å². The van der Waals surface area contributed by atoms with Crippen molar-refractivity contribution in [2.24, 2.45) is 0 Å². The molecule has 4 aromatic rings.